The van der Waals surface area contributed by atoms with E-state index < -0.39 is 22.8 Å². The number of ether oxygens (including phenoxy) is 1. The van der Waals surface area contributed by atoms with E-state index in [-0.39, 0.29) is 54.7 Å². The van der Waals surface area contributed by atoms with E-state index in [0.29, 0.717) is 87.6 Å². The number of imidazole rings is 1. The van der Waals surface area contributed by atoms with Crippen molar-refractivity contribution in [2.75, 3.05) is 26.3 Å². The second kappa shape index (κ2) is 14.6. The number of hydrogen-bond acceptors (Lipinski definition) is 10. The lowest BCUT2D eigenvalue weighted by molar-refractivity contribution is 0.0753. The maximum Gasteiger partial charge on any atom is 0.438 e. The molecule has 322 valence electrons. The number of carbonyl (C=O) groups is 1. The molecular weight excluding hydrogens is 813 g/mol. The van der Waals surface area contributed by atoms with Gasteiger partial charge >= 0.3 is 11.4 Å². The van der Waals surface area contributed by atoms with Crippen molar-refractivity contribution >= 4 is 39.4 Å². The predicted octanol–water partition coefficient (Wildman–Crippen LogP) is 6.01. The number of carbonyl (C=O) groups excluding carboxylic acids is 1. The molecule has 16 nitrogen and oxygen atoms in total. The minimum absolute atomic E-state index is 0.0284. The van der Waals surface area contributed by atoms with Gasteiger partial charge in [-0.3, -0.25) is 33.1 Å². The number of pyridine rings is 1. The molecule has 2 aromatic carbocycles. The Labute approximate surface area is 357 Å². The summed E-state index contributed by atoms with van der Waals surface area (Å²) < 4.78 is 47.9. The molecule has 5 aromatic heterocycles. The molecule has 0 radical (unpaired) electrons. The molecule has 0 unspecified atom stereocenters. The zero-order chi connectivity index (χ0) is 43.3. The summed E-state index contributed by atoms with van der Waals surface area (Å²) in [7, 11) is 0. The third kappa shape index (κ3) is 6.44. The molecule has 2 saturated carbocycles. The van der Waals surface area contributed by atoms with E-state index in [1.165, 1.54) is 27.7 Å². The highest BCUT2D eigenvalue weighted by molar-refractivity contribution is 6.04. The van der Waals surface area contributed by atoms with Crippen LogP contribution in [0.15, 0.2) is 91.4 Å². The number of H-pyrrole nitrogens is 1. The number of benzene rings is 2. The summed E-state index contributed by atoms with van der Waals surface area (Å²) in [5.74, 6) is -1.39. The normalized spacial score (nSPS) is 18.3. The van der Waals surface area contributed by atoms with Crippen LogP contribution in [0, 0.1) is 25.5 Å². The first-order chi connectivity index (χ1) is 30.5. The average molecular weight is 856 g/mol. The molecule has 7 heterocycles. The molecule has 0 spiro atoms. The van der Waals surface area contributed by atoms with Crippen LogP contribution >= 0.6 is 0 Å². The predicted molar refractivity (Wildman–Crippen MR) is 228 cm³/mol. The third-order valence-electron chi connectivity index (χ3n) is 13.0. The number of fused-ring (bicyclic) bond motifs is 2. The Morgan fingerprint density at radius 2 is 1.73 bits per heavy atom. The van der Waals surface area contributed by atoms with Gasteiger partial charge in [-0.2, -0.15) is 5.10 Å². The fourth-order valence-electron chi connectivity index (χ4n) is 9.35. The first-order valence-electron chi connectivity index (χ1n) is 21.3. The summed E-state index contributed by atoms with van der Waals surface area (Å²) in [5.41, 5.74) is 10.4. The molecule has 3 N–H and O–H groups in total. The maximum atomic E-state index is 16.3. The summed E-state index contributed by atoms with van der Waals surface area (Å²) in [6.45, 7) is 4.73. The summed E-state index contributed by atoms with van der Waals surface area (Å²) >= 11 is 0. The molecule has 18 heteroatoms. The van der Waals surface area contributed by atoms with E-state index in [1.807, 2.05) is 21.4 Å². The smallest absolute Gasteiger partial charge is 0.402 e. The third-order valence-corrected chi connectivity index (χ3v) is 13.0. The Morgan fingerprint density at radius 3 is 2.44 bits per heavy atom. The van der Waals surface area contributed by atoms with Gasteiger partial charge in [0.1, 0.15) is 22.9 Å². The molecule has 0 atom stereocenters. The number of aryl methyl sites for hydroxylation is 2. The van der Waals surface area contributed by atoms with Gasteiger partial charge in [0.2, 0.25) is 0 Å². The number of aromatic nitrogens is 8. The van der Waals surface area contributed by atoms with Gasteiger partial charge in [0.25, 0.3) is 5.91 Å². The van der Waals surface area contributed by atoms with E-state index in [0.717, 1.165) is 31.4 Å². The summed E-state index contributed by atoms with van der Waals surface area (Å²) in [6.07, 6.45) is 9.46. The van der Waals surface area contributed by atoms with E-state index in [1.54, 1.807) is 49.1 Å². The van der Waals surface area contributed by atoms with Crippen molar-refractivity contribution in [2.45, 2.75) is 76.3 Å². The van der Waals surface area contributed by atoms with Gasteiger partial charge in [-0.15, -0.1) is 0 Å². The highest BCUT2D eigenvalue weighted by Crippen LogP contribution is 2.50. The highest BCUT2D eigenvalue weighted by Gasteiger charge is 2.52. The number of halogens is 2. The molecule has 2 aliphatic heterocycles. The van der Waals surface area contributed by atoms with Gasteiger partial charge in [0, 0.05) is 61.5 Å². The summed E-state index contributed by atoms with van der Waals surface area (Å²) in [6, 6.07) is 12.4. The van der Waals surface area contributed by atoms with E-state index >= 15 is 9.18 Å². The van der Waals surface area contributed by atoms with Crippen LogP contribution in [0.5, 0.6) is 0 Å². The molecule has 1 saturated heterocycles. The van der Waals surface area contributed by atoms with Crippen molar-refractivity contribution in [1.82, 2.24) is 43.5 Å². The Morgan fingerprint density at radius 1 is 0.968 bits per heavy atom. The minimum atomic E-state index is -0.857. The van der Waals surface area contributed by atoms with Gasteiger partial charge in [0.15, 0.2) is 11.6 Å². The molecule has 63 heavy (non-hydrogen) atoms. The van der Waals surface area contributed by atoms with Crippen LogP contribution in [0.3, 0.4) is 0 Å². The number of rotatable bonds is 8. The fraction of sp³-hybridized carbons (Fsp3) is 0.356. The fourth-order valence-corrected chi connectivity index (χ4v) is 9.35. The van der Waals surface area contributed by atoms with E-state index in [9.17, 15) is 14.0 Å². The van der Waals surface area contributed by atoms with Crippen LogP contribution in [-0.4, -0.2) is 81.6 Å². The number of nitrogens with zero attached hydrogens (tertiary/aromatic N) is 9. The van der Waals surface area contributed by atoms with Crippen molar-refractivity contribution in [3.63, 3.8) is 0 Å². The van der Waals surface area contributed by atoms with Crippen LogP contribution in [-0.2, 0) is 10.3 Å². The number of nitrogens with one attached hydrogen (secondary N) is 1. The minimum Gasteiger partial charge on any atom is -0.402 e. The lowest BCUT2D eigenvalue weighted by Gasteiger charge is -2.31. The second-order valence-electron chi connectivity index (χ2n) is 17.1. The first kappa shape index (κ1) is 38.9. The van der Waals surface area contributed by atoms with Crippen LogP contribution < -0.4 is 17.2 Å². The van der Waals surface area contributed by atoms with Gasteiger partial charge in [-0.05, 0) is 106 Å². The second-order valence-corrected chi connectivity index (χ2v) is 17.1. The van der Waals surface area contributed by atoms with Crippen LogP contribution in [0.2, 0.25) is 0 Å². The van der Waals surface area contributed by atoms with Crippen molar-refractivity contribution in [3.8, 4) is 5.69 Å². The van der Waals surface area contributed by atoms with E-state index in [4.69, 9.17) is 25.0 Å². The Kier molecular flexibility index (Phi) is 9.01. The van der Waals surface area contributed by atoms with Crippen LogP contribution in [0.1, 0.15) is 90.0 Å². The highest BCUT2D eigenvalue weighted by atomic mass is 19.1. The van der Waals surface area contributed by atoms with E-state index in [2.05, 4.69) is 15.2 Å². The molecular formula is C45H43F2N11O5. The van der Waals surface area contributed by atoms with Crippen molar-refractivity contribution in [3.05, 3.63) is 133 Å². The molecule has 3 fully saturated rings. The van der Waals surface area contributed by atoms with Crippen LogP contribution in [0.4, 0.5) is 14.5 Å². The van der Waals surface area contributed by atoms with Gasteiger partial charge in [-0.25, -0.2) is 23.4 Å². The van der Waals surface area contributed by atoms with Crippen molar-refractivity contribution < 1.29 is 22.8 Å². The Balaban J connectivity index is 1.00. The molecule has 1 amide bonds. The van der Waals surface area contributed by atoms with Crippen molar-refractivity contribution in [1.29, 1.82) is 0 Å². The Hall–Kier alpha value is -6.95. The number of aromatic amines is 1. The molecule has 11 rings (SSSR count). The number of amides is 1. The van der Waals surface area contributed by atoms with Crippen LogP contribution in [0.25, 0.3) is 27.6 Å². The lowest BCUT2D eigenvalue weighted by Crippen LogP contribution is -2.43. The topological polar surface area (TPSA) is 189 Å². The maximum absolute atomic E-state index is 16.3. The van der Waals surface area contributed by atoms with Crippen molar-refractivity contribution in [2.24, 2.45) is 10.7 Å². The van der Waals surface area contributed by atoms with Gasteiger partial charge in [-0.1, -0.05) is 5.16 Å². The number of hydrogen-bond donors (Lipinski definition) is 2. The Bertz CT molecular complexity index is 3180. The molecule has 0 bridgehead atoms. The summed E-state index contributed by atoms with van der Waals surface area (Å²) in [5, 5.41) is 8.79. The monoisotopic (exact) mass is 855 g/mol. The zero-order valence-corrected chi connectivity index (χ0v) is 34.6. The zero-order valence-electron chi connectivity index (χ0n) is 34.6. The number of aliphatic imine (C=N–C) groups is 1. The standard InChI is InChI=1S/C45H43F2N11O5/c1-24-19-27(20-25(2)38(24)46)50-40(56-16-15-55(44(56)61)36-8-7-34-29(39(36)47)22-49-58(34)28-3-4-28)30-23-54(14-9-31(30)48)41(59)37-21-33-35(6-5-32(51-33)26-10-17-62-18-11-26)57(37)45(12-13-45)42-52-43(60)63-53-42/h5-8,15-16,19-22,26,28H,3-4,9-14,17-18,23,48H2,1-2H3,(H,52,53,60). The first-order valence-corrected chi connectivity index (χ1v) is 21.3. The van der Waals surface area contributed by atoms with Gasteiger partial charge < -0.3 is 19.9 Å². The number of nitrogens with two attached hydrogens (primary N) is 1. The largest absolute Gasteiger partial charge is 0.438 e. The average Bonchev–Trinajstić information content (AvgIpc) is 4.10. The lowest BCUT2D eigenvalue weighted by atomic mass is 9.96. The molecule has 2 aliphatic carbocycles. The van der Waals surface area contributed by atoms with Gasteiger partial charge in [0.05, 0.1) is 52.1 Å². The SMILES string of the molecule is Cc1cc(N=C(C2=C(N)CCN(C(=O)c3cc4nc(C5CCOCC5)ccc4n3C3(c4noc(=O)[nH]4)CC3)C2)n2ccn(-c3ccc4c(cnn4C4CC4)c3F)c2=O)cc(C)c1F. The quantitative estimate of drug-likeness (QED) is 0.136. The molecule has 7 aromatic rings. The summed E-state index contributed by atoms with van der Waals surface area (Å²) in [4.78, 5) is 56.2. The molecule has 4 aliphatic rings.